The van der Waals surface area contributed by atoms with Crippen LogP contribution in [0.4, 0.5) is 0 Å². The van der Waals surface area contributed by atoms with Crippen molar-refractivity contribution in [2.75, 3.05) is 6.26 Å². The second-order valence-electron chi connectivity index (χ2n) is 2.92. The topological polar surface area (TPSA) is 83.5 Å². The van der Waals surface area contributed by atoms with Crippen molar-refractivity contribution in [2.45, 2.75) is 32.2 Å². The Hall–Kier alpha value is -0.620. The molecule has 0 aliphatic carbocycles. The van der Waals surface area contributed by atoms with Gasteiger partial charge in [0.25, 0.3) is 0 Å². The summed E-state index contributed by atoms with van der Waals surface area (Å²) in [7, 11) is -3.43. The molecule has 0 aromatic heterocycles. The molecule has 0 amide bonds. The second kappa shape index (κ2) is 5.18. The minimum Gasteiger partial charge on any atom is -0.480 e. The Morgan fingerprint density at radius 3 is 2.38 bits per heavy atom. The van der Waals surface area contributed by atoms with Crippen molar-refractivity contribution in [1.29, 1.82) is 0 Å². The van der Waals surface area contributed by atoms with E-state index in [1.54, 1.807) is 0 Å². The van der Waals surface area contributed by atoms with Crippen LogP contribution in [0.1, 0.15) is 26.2 Å². The van der Waals surface area contributed by atoms with Gasteiger partial charge in [0.15, 0.2) is 0 Å². The summed E-state index contributed by atoms with van der Waals surface area (Å²) < 4.78 is 23.5. The molecule has 78 valence electrons. The number of sulfonamides is 1. The van der Waals surface area contributed by atoms with Gasteiger partial charge in [-0.3, -0.25) is 4.79 Å². The van der Waals surface area contributed by atoms with Crippen LogP contribution in [0.3, 0.4) is 0 Å². The Kier molecular flexibility index (Phi) is 4.94. The molecule has 0 aliphatic heterocycles. The molecule has 6 heteroatoms. The van der Waals surface area contributed by atoms with Crippen LogP contribution in [0.25, 0.3) is 0 Å². The highest BCUT2D eigenvalue weighted by atomic mass is 32.2. The van der Waals surface area contributed by atoms with Crippen LogP contribution in [0, 0.1) is 0 Å². The Morgan fingerprint density at radius 2 is 2.08 bits per heavy atom. The summed E-state index contributed by atoms with van der Waals surface area (Å²) in [6, 6.07) is -0.991. The molecule has 0 saturated carbocycles. The molecular formula is C7H15NO4S. The zero-order valence-electron chi connectivity index (χ0n) is 7.78. The number of nitrogens with one attached hydrogen (secondary N) is 1. The molecule has 0 aromatic carbocycles. The number of hydrogen-bond donors (Lipinski definition) is 2. The van der Waals surface area contributed by atoms with Gasteiger partial charge in [0.05, 0.1) is 6.26 Å². The average molecular weight is 209 g/mol. The molecule has 1 unspecified atom stereocenters. The summed E-state index contributed by atoms with van der Waals surface area (Å²) in [5.74, 6) is -1.13. The molecule has 1 atom stereocenters. The molecule has 0 rings (SSSR count). The number of aliphatic carboxylic acids is 1. The lowest BCUT2D eigenvalue weighted by Crippen LogP contribution is -2.40. The summed E-state index contributed by atoms with van der Waals surface area (Å²) >= 11 is 0. The third-order valence-electron chi connectivity index (χ3n) is 1.50. The Balaban J connectivity index is 4.19. The summed E-state index contributed by atoms with van der Waals surface area (Å²) in [6.45, 7) is 1.92. The van der Waals surface area contributed by atoms with E-state index in [1.807, 2.05) is 6.92 Å². The van der Waals surface area contributed by atoms with Gasteiger partial charge in [-0.05, 0) is 6.42 Å². The molecule has 0 fully saturated rings. The van der Waals surface area contributed by atoms with Gasteiger partial charge in [0.2, 0.25) is 10.0 Å². The minimum absolute atomic E-state index is 0.332. The highest BCUT2D eigenvalue weighted by Gasteiger charge is 2.20. The molecule has 2 N–H and O–H groups in total. The summed E-state index contributed by atoms with van der Waals surface area (Å²) in [5.41, 5.74) is 0. The number of rotatable bonds is 6. The molecule has 0 bridgehead atoms. The Bertz CT molecular complexity index is 260. The minimum atomic E-state index is -3.43. The third-order valence-corrected chi connectivity index (χ3v) is 2.21. The summed E-state index contributed by atoms with van der Waals surface area (Å²) in [4.78, 5) is 10.6. The SMILES string of the molecule is CCCCC(NS(C)(=O)=O)C(=O)O. The molecule has 0 saturated heterocycles. The van der Waals surface area contributed by atoms with E-state index in [-0.39, 0.29) is 0 Å². The lowest BCUT2D eigenvalue weighted by Gasteiger charge is -2.11. The van der Waals surface area contributed by atoms with Gasteiger partial charge < -0.3 is 5.11 Å². The van der Waals surface area contributed by atoms with Crippen molar-refractivity contribution in [3.05, 3.63) is 0 Å². The molecule has 0 radical (unpaired) electrons. The molecular weight excluding hydrogens is 194 g/mol. The van der Waals surface area contributed by atoms with Gasteiger partial charge in [-0.25, -0.2) is 13.1 Å². The van der Waals surface area contributed by atoms with E-state index in [9.17, 15) is 13.2 Å². The van der Waals surface area contributed by atoms with Crippen LogP contribution < -0.4 is 4.72 Å². The predicted octanol–water partition coefficient (Wildman–Crippen LogP) is 0.179. The van der Waals surface area contributed by atoms with Crippen LogP contribution in [-0.4, -0.2) is 31.8 Å². The number of carboxylic acid groups (broad SMARTS) is 1. The van der Waals surface area contributed by atoms with E-state index < -0.39 is 22.0 Å². The first-order valence-corrected chi connectivity index (χ1v) is 5.96. The first kappa shape index (κ1) is 12.4. The normalized spacial score (nSPS) is 14.0. The summed E-state index contributed by atoms with van der Waals surface area (Å²) in [6.07, 6.45) is 2.82. The molecule has 0 heterocycles. The third kappa shape index (κ3) is 6.53. The van der Waals surface area contributed by atoms with Crippen LogP contribution >= 0.6 is 0 Å². The van der Waals surface area contributed by atoms with Crippen LogP contribution in [-0.2, 0) is 14.8 Å². The first-order valence-electron chi connectivity index (χ1n) is 4.07. The lowest BCUT2D eigenvalue weighted by molar-refractivity contribution is -0.139. The van der Waals surface area contributed by atoms with E-state index in [1.165, 1.54) is 0 Å². The van der Waals surface area contributed by atoms with Gasteiger partial charge in [0.1, 0.15) is 6.04 Å². The van der Waals surface area contributed by atoms with Crippen molar-refractivity contribution in [3.63, 3.8) is 0 Å². The van der Waals surface area contributed by atoms with Crippen molar-refractivity contribution < 1.29 is 18.3 Å². The first-order chi connectivity index (χ1) is 5.87. The largest absolute Gasteiger partial charge is 0.480 e. The molecule has 5 nitrogen and oxygen atoms in total. The van der Waals surface area contributed by atoms with Crippen molar-refractivity contribution >= 4 is 16.0 Å². The van der Waals surface area contributed by atoms with Crippen LogP contribution in [0.15, 0.2) is 0 Å². The number of hydrogen-bond acceptors (Lipinski definition) is 3. The number of carbonyl (C=O) groups is 1. The fraction of sp³-hybridized carbons (Fsp3) is 0.857. The highest BCUT2D eigenvalue weighted by molar-refractivity contribution is 7.88. The van der Waals surface area contributed by atoms with E-state index in [2.05, 4.69) is 4.72 Å². The van der Waals surface area contributed by atoms with Crippen molar-refractivity contribution in [3.8, 4) is 0 Å². The average Bonchev–Trinajstić information content (AvgIpc) is 1.95. The number of unbranched alkanes of at least 4 members (excludes halogenated alkanes) is 1. The van der Waals surface area contributed by atoms with E-state index in [4.69, 9.17) is 5.11 Å². The van der Waals surface area contributed by atoms with Crippen LogP contribution in [0.2, 0.25) is 0 Å². The zero-order chi connectivity index (χ0) is 10.5. The fourth-order valence-corrected chi connectivity index (χ4v) is 1.63. The fourth-order valence-electron chi connectivity index (χ4n) is 0.899. The van der Waals surface area contributed by atoms with Gasteiger partial charge in [0, 0.05) is 0 Å². The van der Waals surface area contributed by atoms with Crippen LogP contribution in [0.5, 0.6) is 0 Å². The molecule has 13 heavy (non-hydrogen) atoms. The summed E-state index contributed by atoms with van der Waals surface area (Å²) in [5, 5.41) is 8.64. The zero-order valence-corrected chi connectivity index (χ0v) is 8.60. The Morgan fingerprint density at radius 1 is 1.54 bits per heavy atom. The monoisotopic (exact) mass is 209 g/mol. The van der Waals surface area contributed by atoms with Crippen molar-refractivity contribution in [2.24, 2.45) is 0 Å². The smallest absolute Gasteiger partial charge is 0.321 e. The number of carboxylic acids is 1. The highest BCUT2D eigenvalue weighted by Crippen LogP contribution is 2.01. The molecule has 0 aliphatic rings. The standard InChI is InChI=1S/C7H15NO4S/c1-3-4-5-6(7(9)10)8-13(2,11)12/h6,8H,3-5H2,1-2H3,(H,9,10). The van der Waals surface area contributed by atoms with E-state index in [0.717, 1.165) is 12.7 Å². The maximum Gasteiger partial charge on any atom is 0.321 e. The predicted molar refractivity (Wildman–Crippen MR) is 48.9 cm³/mol. The van der Waals surface area contributed by atoms with Crippen molar-refractivity contribution in [1.82, 2.24) is 4.72 Å². The van der Waals surface area contributed by atoms with E-state index >= 15 is 0 Å². The van der Waals surface area contributed by atoms with Gasteiger partial charge in [-0.2, -0.15) is 0 Å². The second-order valence-corrected chi connectivity index (χ2v) is 4.70. The van der Waals surface area contributed by atoms with Gasteiger partial charge >= 0.3 is 5.97 Å². The van der Waals surface area contributed by atoms with Gasteiger partial charge in [-0.15, -0.1) is 0 Å². The quantitative estimate of drug-likeness (QED) is 0.653. The lowest BCUT2D eigenvalue weighted by atomic mass is 10.1. The maximum absolute atomic E-state index is 10.7. The molecule has 0 spiro atoms. The maximum atomic E-state index is 10.7. The van der Waals surface area contributed by atoms with Gasteiger partial charge in [-0.1, -0.05) is 19.8 Å². The Labute approximate surface area is 78.2 Å². The molecule has 0 aromatic rings. The van der Waals surface area contributed by atoms with E-state index in [0.29, 0.717) is 12.8 Å².